The van der Waals surface area contributed by atoms with Crippen molar-refractivity contribution in [3.63, 3.8) is 0 Å². The van der Waals surface area contributed by atoms with Gasteiger partial charge in [-0.3, -0.25) is 4.68 Å². The fraction of sp³-hybridized carbons (Fsp3) is 0.421. The maximum absolute atomic E-state index is 11.2. The highest BCUT2D eigenvalue weighted by Gasteiger charge is 2.38. The van der Waals surface area contributed by atoms with Gasteiger partial charge in [-0.2, -0.15) is 18.3 Å². The lowest BCUT2D eigenvalue weighted by Crippen LogP contribution is -2.24. The summed E-state index contributed by atoms with van der Waals surface area (Å²) in [5.41, 5.74) is 4.05. The largest absolute Gasteiger partial charge is 0.490 e. The number of benzene rings is 1. The Morgan fingerprint density at radius 2 is 2.00 bits per heavy atom. The lowest BCUT2D eigenvalue weighted by Gasteiger charge is -2.26. The van der Waals surface area contributed by atoms with E-state index in [1.165, 1.54) is 17.5 Å². The normalized spacial score (nSPS) is 15.8. The van der Waals surface area contributed by atoms with Crippen LogP contribution in [0, 0.1) is 0 Å². The molecule has 1 aliphatic carbocycles. The van der Waals surface area contributed by atoms with Crippen LogP contribution >= 0.6 is 0 Å². The van der Waals surface area contributed by atoms with Crippen LogP contribution in [0.25, 0.3) is 0 Å². The minimum absolute atomic E-state index is 0.387. The summed E-state index contributed by atoms with van der Waals surface area (Å²) in [4.78, 5) is 20.1. The number of rotatable bonds is 5. The Morgan fingerprint density at radius 3 is 2.55 bits per heavy atom. The van der Waals surface area contributed by atoms with Gasteiger partial charge in [-0.1, -0.05) is 6.07 Å². The Kier molecular flexibility index (Phi) is 7.38. The zero-order valence-corrected chi connectivity index (χ0v) is 15.7. The van der Waals surface area contributed by atoms with Gasteiger partial charge in [0.1, 0.15) is 0 Å². The molecule has 2 aromatic rings. The molecule has 158 valence electrons. The first-order valence-electron chi connectivity index (χ1n) is 8.92. The van der Waals surface area contributed by atoms with Gasteiger partial charge in [0.15, 0.2) is 0 Å². The molecule has 0 saturated carbocycles. The highest BCUT2D eigenvalue weighted by atomic mass is 19.4. The monoisotopic (exact) mass is 413 g/mol. The summed E-state index contributed by atoms with van der Waals surface area (Å²) < 4.78 is 33.5. The number of carbonyl (C=O) groups is 2. The molecule has 0 aliphatic heterocycles. The Balaban J connectivity index is 0.000000370. The molecule has 0 radical (unpaired) electrons. The van der Waals surface area contributed by atoms with Crippen molar-refractivity contribution < 1.29 is 33.0 Å². The fourth-order valence-corrected chi connectivity index (χ4v) is 3.20. The number of hydrogen-bond donors (Lipinski definition) is 3. The van der Waals surface area contributed by atoms with Crippen LogP contribution in [-0.4, -0.2) is 44.7 Å². The molecule has 3 N–H and O–H groups in total. The first kappa shape index (κ1) is 22.4. The lowest BCUT2D eigenvalue weighted by molar-refractivity contribution is -0.192. The summed E-state index contributed by atoms with van der Waals surface area (Å²) >= 11 is 0. The number of halogens is 3. The number of nitrogens with one attached hydrogen (secondary N) is 1. The van der Waals surface area contributed by atoms with Crippen LogP contribution in [0.1, 0.15) is 45.8 Å². The molecule has 1 aromatic carbocycles. The smallest absolute Gasteiger partial charge is 0.478 e. The molecular formula is C19H22F3N3O4. The summed E-state index contributed by atoms with van der Waals surface area (Å²) in [7, 11) is 1.91. The van der Waals surface area contributed by atoms with Crippen LogP contribution in [0.15, 0.2) is 30.6 Å². The van der Waals surface area contributed by atoms with E-state index in [1.54, 1.807) is 10.7 Å². The van der Waals surface area contributed by atoms with E-state index >= 15 is 0 Å². The Bertz CT molecular complexity index is 865. The van der Waals surface area contributed by atoms with Gasteiger partial charge in [-0.15, -0.1) is 0 Å². The standard InChI is InChI=1S/C17H21N3O2.C2HF3O2/c1-20-11-12(9-19-20)8-18-10-15-4-2-3-13-5-6-14(17(21)22)7-16(13)15;3-2(4,5)1(6)7/h5-7,9,11,15,18H,2-4,8,10H2,1H3,(H,21,22);(H,6,7). The maximum atomic E-state index is 11.2. The Hall–Kier alpha value is -2.88. The lowest BCUT2D eigenvalue weighted by atomic mass is 9.82. The van der Waals surface area contributed by atoms with Crippen molar-refractivity contribution in [3.8, 4) is 0 Å². The number of alkyl halides is 3. The van der Waals surface area contributed by atoms with Crippen LogP contribution in [-0.2, 0) is 24.8 Å². The van der Waals surface area contributed by atoms with Crippen LogP contribution in [0.3, 0.4) is 0 Å². The van der Waals surface area contributed by atoms with Gasteiger partial charge >= 0.3 is 18.1 Å². The molecule has 10 heteroatoms. The Labute approximate surface area is 165 Å². The molecule has 0 amide bonds. The molecule has 1 heterocycles. The molecule has 0 fully saturated rings. The topological polar surface area (TPSA) is 104 Å². The molecule has 1 aromatic heterocycles. The quantitative estimate of drug-likeness (QED) is 0.696. The van der Waals surface area contributed by atoms with E-state index in [0.29, 0.717) is 11.5 Å². The number of aromatic nitrogens is 2. The highest BCUT2D eigenvalue weighted by Crippen LogP contribution is 2.32. The number of hydrogen-bond acceptors (Lipinski definition) is 4. The van der Waals surface area contributed by atoms with Gasteiger partial charge < -0.3 is 15.5 Å². The minimum Gasteiger partial charge on any atom is -0.478 e. The third-order valence-electron chi connectivity index (χ3n) is 4.55. The third-order valence-corrected chi connectivity index (χ3v) is 4.55. The van der Waals surface area contributed by atoms with Gasteiger partial charge in [0.2, 0.25) is 0 Å². The van der Waals surface area contributed by atoms with E-state index in [1.807, 2.05) is 31.6 Å². The van der Waals surface area contributed by atoms with Crippen molar-refractivity contribution in [3.05, 3.63) is 52.8 Å². The first-order valence-corrected chi connectivity index (χ1v) is 8.92. The van der Waals surface area contributed by atoms with Crippen molar-refractivity contribution in [1.82, 2.24) is 15.1 Å². The molecule has 0 saturated heterocycles. The zero-order chi connectivity index (χ0) is 21.6. The summed E-state index contributed by atoms with van der Waals surface area (Å²) in [6.07, 6.45) is 2.11. The second kappa shape index (κ2) is 9.55. The molecule has 1 aliphatic rings. The van der Waals surface area contributed by atoms with E-state index in [0.717, 1.165) is 31.5 Å². The maximum Gasteiger partial charge on any atom is 0.490 e. The van der Waals surface area contributed by atoms with Crippen LogP contribution in [0.4, 0.5) is 13.2 Å². The van der Waals surface area contributed by atoms with Crippen molar-refractivity contribution in [2.24, 2.45) is 7.05 Å². The number of carboxylic acids is 2. The Morgan fingerprint density at radius 1 is 1.31 bits per heavy atom. The van der Waals surface area contributed by atoms with Crippen LogP contribution in [0.5, 0.6) is 0 Å². The molecule has 1 atom stereocenters. The molecule has 7 nitrogen and oxygen atoms in total. The predicted molar refractivity (Wildman–Crippen MR) is 97.7 cm³/mol. The molecule has 1 unspecified atom stereocenters. The van der Waals surface area contributed by atoms with E-state index in [9.17, 15) is 23.1 Å². The van der Waals surface area contributed by atoms with Crippen molar-refractivity contribution >= 4 is 11.9 Å². The van der Waals surface area contributed by atoms with Gasteiger partial charge in [0.05, 0.1) is 11.8 Å². The van der Waals surface area contributed by atoms with Gasteiger partial charge in [0, 0.05) is 31.9 Å². The number of carboxylic acid groups (broad SMARTS) is 2. The van der Waals surface area contributed by atoms with Crippen LogP contribution < -0.4 is 5.32 Å². The second-order valence-electron chi connectivity index (χ2n) is 6.76. The van der Waals surface area contributed by atoms with E-state index in [4.69, 9.17) is 9.90 Å². The zero-order valence-electron chi connectivity index (χ0n) is 15.7. The average molecular weight is 413 g/mol. The minimum atomic E-state index is -5.08. The molecular weight excluding hydrogens is 391 g/mol. The van der Waals surface area contributed by atoms with Crippen molar-refractivity contribution in [1.29, 1.82) is 0 Å². The fourth-order valence-electron chi connectivity index (χ4n) is 3.20. The molecule has 29 heavy (non-hydrogen) atoms. The second-order valence-corrected chi connectivity index (χ2v) is 6.76. The summed E-state index contributed by atoms with van der Waals surface area (Å²) in [5, 5.41) is 23.9. The van der Waals surface area contributed by atoms with Crippen molar-refractivity contribution in [2.75, 3.05) is 6.54 Å². The third kappa shape index (κ3) is 6.60. The SMILES string of the molecule is Cn1cc(CNCC2CCCc3ccc(C(=O)O)cc32)cn1.O=C(O)C(F)(F)F. The molecule has 3 rings (SSSR count). The number of aryl methyl sites for hydroxylation is 2. The van der Waals surface area contributed by atoms with Crippen LogP contribution in [0.2, 0.25) is 0 Å². The number of nitrogens with zero attached hydrogens (tertiary/aromatic N) is 2. The summed E-state index contributed by atoms with van der Waals surface area (Å²) in [6.45, 7) is 1.66. The number of aliphatic carboxylic acids is 1. The van der Waals surface area contributed by atoms with E-state index in [2.05, 4.69) is 10.4 Å². The van der Waals surface area contributed by atoms with E-state index < -0.39 is 18.1 Å². The van der Waals surface area contributed by atoms with Gasteiger partial charge in [-0.25, -0.2) is 9.59 Å². The number of aromatic carboxylic acids is 1. The average Bonchev–Trinajstić information content (AvgIpc) is 3.06. The van der Waals surface area contributed by atoms with E-state index in [-0.39, 0.29) is 0 Å². The van der Waals surface area contributed by atoms with Gasteiger partial charge in [-0.05, 0) is 48.4 Å². The molecule has 0 bridgehead atoms. The van der Waals surface area contributed by atoms with Crippen molar-refractivity contribution in [2.45, 2.75) is 37.9 Å². The number of fused-ring (bicyclic) bond motifs is 1. The summed E-state index contributed by atoms with van der Waals surface area (Å²) in [6, 6.07) is 5.55. The highest BCUT2D eigenvalue weighted by molar-refractivity contribution is 5.88. The predicted octanol–water partition coefficient (Wildman–Crippen LogP) is 2.96. The van der Waals surface area contributed by atoms with Gasteiger partial charge in [0.25, 0.3) is 0 Å². The molecule has 0 spiro atoms. The summed E-state index contributed by atoms with van der Waals surface area (Å²) in [5.74, 6) is -3.22. The first-order chi connectivity index (χ1) is 13.6.